The van der Waals surface area contributed by atoms with Crippen LogP contribution in [0.2, 0.25) is 0 Å². The van der Waals surface area contributed by atoms with E-state index in [4.69, 9.17) is 0 Å². The summed E-state index contributed by atoms with van der Waals surface area (Å²) < 4.78 is 0. The average Bonchev–Trinajstić information content (AvgIpc) is 2.53. The van der Waals surface area contributed by atoms with E-state index in [1.807, 2.05) is 13.8 Å². The van der Waals surface area contributed by atoms with Crippen molar-refractivity contribution in [3.8, 4) is 0 Å². The lowest BCUT2D eigenvalue weighted by Gasteiger charge is -2.21. The molecule has 1 rings (SSSR count). The largest absolute Gasteiger partial charge is 0.356 e. The minimum atomic E-state index is -0.163. The SMILES string of the molecule is CCCCN(CCC(=O)NCCC)C(=O)c1cnc(C)cn1. The molecular weight excluding hydrogens is 280 g/mol. The first-order valence-corrected chi connectivity index (χ1v) is 7.93. The second kappa shape index (κ2) is 9.87. The first-order valence-electron chi connectivity index (χ1n) is 7.93. The molecule has 0 bridgehead atoms. The van der Waals surface area contributed by atoms with Crippen LogP contribution in [0.1, 0.15) is 55.7 Å². The summed E-state index contributed by atoms with van der Waals surface area (Å²) in [6.45, 7) is 7.62. The van der Waals surface area contributed by atoms with Crippen LogP contribution in [0.15, 0.2) is 12.4 Å². The molecule has 1 aromatic rings. The summed E-state index contributed by atoms with van der Waals surface area (Å²) in [5.41, 5.74) is 1.10. The highest BCUT2D eigenvalue weighted by atomic mass is 16.2. The van der Waals surface area contributed by atoms with Crippen LogP contribution in [0.3, 0.4) is 0 Å². The molecule has 0 aliphatic rings. The monoisotopic (exact) mass is 306 g/mol. The number of rotatable bonds is 9. The number of aryl methyl sites for hydroxylation is 1. The number of nitrogens with zero attached hydrogens (tertiary/aromatic N) is 3. The Bertz CT molecular complexity index is 474. The fraction of sp³-hybridized carbons (Fsp3) is 0.625. The first-order chi connectivity index (χ1) is 10.6. The number of carbonyl (C=O) groups is 2. The van der Waals surface area contributed by atoms with Gasteiger partial charge in [0.05, 0.1) is 11.9 Å². The van der Waals surface area contributed by atoms with Crippen LogP contribution in [-0.2, 0) is 4.79 Å². The lowest BCUT2D eigenvalue weighted by molar-refractivity contribution is -0.121. The molecule has 0 radical (unpaired) electrons. The molecule has 0 saturated heterocycles. The summed E-state index contributed by atoms with van der Waals surface area (Å²) in [6.07, 6.45) is 6.19. The Morgan fingerprint density at radius 2 is 1.91 bits per heavy atom. The van der Waals surface area contributed by atoms with Gasteiger partial charge in [-0.15, -0.1) is 0 Å². The Morgan fingerprint density at radius 1 is 1.14 bits per heavy atom. The second-order valence-corrected chi connectivity index (χ2v) is 5.29. The van der Waals surface area contributed by atoms with Crippen molar-refractivity contribution in [3.63, 3.8) is 0 Å². The highest BCUT2D eigenvalue weighted by Gasteiger charge is 2.17. The normalized spacial score (nSPS) is 10.3. The highest BCUT2D eigenvalue weighted by molar-refractivity contribution is 5.92. The smallest absolute Gasteiger partial charge is 0.274 e. The van der Waals surface area contributed by atoms with Gasteiger partial charge in [0.25, 0.3) is 5.91 Å². The zero-order valence-corrected chi connectivity index (χ0v) is 13.8. The minimum Gasteiger partial charge on any atom is -0.356 e. The van der Waals surface area contributed by atoms with Crippen molar-refractivity contribution in [2.45, 2.75) is 46.5 Å². The number of hydrogen-bond donors (Lipinski definition) is 1. The maximum atomic E-state index is 12.5. The van der Waals surface area contributed by atoms with E-state index in [-0.39, 0.29) is 11.8 Å². The molecule has 0 spiro atoms. The van der Waals surface area contributed by atoms with Crippen LogP contribution in [0.4, 0.5) is 0 Å². The molecule has 6 nitrogen and oxygen atoms in total. The van der Waals surface area contributed by atoms with Gasteiger partial charge in [0, 0.05) is 32.3 Å². The van der Waals surface area contributed by atoms with Crippen molar-refractivity contribution in [3.05, 3.63) is 23.8 Å². The maximum absolute atomic E-state index is 12.5. The van der Waals surface area contributed by atoms with Gasteiger partial charge in [-0.3, -0.25) is 14.6 Å². The Labute approximate surface area is 132 Å². The quantitative estimate of drug-likeness (QED) is 0.756. The van der Waals surface area contributed by atoms with Crippen LogP contribution in [0.5, 0.6) is 0 Å². The third-order valence-electron chi connectivity index (χ3n) is 3.25. The lowest BCUT2D eigenvalue weighted by atomic mass is 10.2. The van der Waals surface area contributed by atoms with Gasteiger partial charge in [0.15, 0.2) is 0 Å². The second-order valence-electron chi connectivity index (χ2n) is 5.29. The van der Waals surface area contributed by atoms with E-state index in [9.17, 15) is 9.59 Å². The molecule has 0 unspecified atom stereocenters. The van der Waals surface area contributed by atoms with Crippen LogP contribution in [-0.4, -0.2) is 46.3 Å². The van der Waals surface area contributed by atoms with Crippen molar-refractivity contribution < 1.29 is 9.59 Å². The molecule has 0 aromatic carbocycles. The summed E-state index contributed by atoms with van der Waals surface area (Å²) in [4.78, 5) is 34.1. The van der Waals surface area contributed by atoms with Gasteiger partial charge in [0.2, 0.25) is 5.91 Å². The van der Waals surface area contributed by atoms with Crippen molar-refractivity contribution in [1.29, 1.82) is 0 Å². The predicted octanol–water partition coefficient (Wildman–Crippen LogP) is 1.94. The van der Waals surface area contributed by atoms with E-state index in [0.29, 0.717) is 31.7 Å². The highest BCUT2D eigenvalue weighted by Crippen LogP contribution is 2.05. The van der Waals surface area contributed by atoms with E-state index in [2.05, 4.69) is 22.2 Å². The predicted molar refractivity (Wildman–Crippen MR) is 85.5 cm³/mol. The fourth-order valence-corrected chi connectivity index (χ4v) is 1.92. The zero-order valence-electron chi connectivity index (χ0n) is 13.8. The number of nitrogens with one attached hydrogen (secondary N) is 1. The van der Waals surface area contributed by atoms with E-state index in [0.717, 1.165) is 25.0 Å². The zero-order chi connectivity index (χ0) is 16.4. The van der Waals surface area contributed by atoms with Gasteiger partial charge in [-0.05, 0) is 19.8 Å². The summed E-state index contributed by atoms with van der Waals surface area (Å²) >= 11 is 0. The van der Waals surface area contributed by atoms with Crippen molar-refractivity contribution in [2.75, 3.05) is 19.6 Å². The molecule has 22 heavy (non-hydrogen) atoms. The van der Waals surface area contributed by atoms with Crippen molar-refractivity contribution >= 4 is 11.8 Å². The Balaban J connectivity index is 2.64. The number of hydrogen-bond acceptors (Lipinski definition) is 4. The Kier molecular flexibility index (Phi) is 8.10. The van der Waals surface area contributed by atoms with Gasteiger partial charge in [-0.1, -0.05) is 20.3 Å². The molecule has 122 valence electrons. The van der Waals surface area contributed by atoms with E-state index < -0.39 is 0 Å². The number of amides is 2. The van der Waals surface area contributed by atoms with E-state index in [1.54, 1.807) is 11.1 Å². The van der Waals surface area contributed by atoms with Gasteiger partial charge < -0.3 is 10.2 Å². The summed E-state index contributed by atoms with van der Waals surface area (Å²) in [6, 6.07) is 0. The Morgan fingerprint density at radius 3 is 2.50 bits per heavy atom. The molecule has 1 heterocycles. The van der Waals surface area contributed by atoms with Gasteiger partial charge in [-0.25, -0.2) is 4.98 Å². The molecule has 6 heteroatoms. The van der Waals surface area contributed by atoms with Gasteiger partial charge >= 0.3 is 0 Å². The van der Waals surface area contributed by atoms with Crippen molar-refractivity contribution in [1.82, 2.24) is 20.2 Å². The third-order valence-corrected chi connectivity index (χ3v) is 3.25. The van der Waals surface area contributed by atoms with Crippen molar-refractivity contribution in [2.24, 2.45) is 0 Å². The molecule has 2 amide bonds. The van der Waals surface area contributed by atoms with Gasteiger partial charge in [0.1, 0.15) is 5.69 Å². The van der Waals surface area contributed by atoms with Gasteiger partial charge in [-0.2, -0.15) is 0 Å². The standard InChI is InChI=1S/C16H26N4O2/c1-4-6-9-20(10-7-15(21)17-8-5-2)16(22)14-12-18-13(3)11-19-14/h11-12H,4-10H2,1-3H3,(H,17,21). The molecule has 0 fully saturated rings. The van der Waals surface area contributed by atoms with Crippen LogP contribution in [0.25, 0.3) is 0 Å². The van der Waals surface area contributed by atoms with Crippen LogP contribution >= 0.6 is 0 Å². The Hall–Kier alpha value is -1.98. The maximum Gasteiger partial charge on any atom is 0.274 e. The number of aromatic nitrogens is 2. The molecular formula is C16H26N4O2. The molecule has 0 aliphatic carbocycles. The summed E-state index contributed by atoms with van der Waals surface area (Å²) in [5.74, 6) is -0.185. The summed E-state index contributed by atoms with van der Waals surface area (Å²) in [7, 11) is 0. The van der Waals surface area contributed by atoms with Crippen LogP contribution < -0.4 is 5.32 Å². The number of unbranched alkanes of at least 4 members (excludes halogenated alkanes) is 1. The van der Waals surface area contributed by atoms with E-state index in [1.165, 1.54) is 6.20 Å². The van der Waals surface area contributed by atoms with Crippen LogP contribution in [0, 0.1) is 6.92 Å². The number of carbonyl (C=O) groups excluding carboxylic acids is 2. The molecule has 0 saturated carbocycles. The molecule has 0 aliphatic heterocycles. The average molecular weight is 306 g/mol. The molecule has 1 aromatic heterocycles. The molecule has 0 atom stereocenters. The molecule has 1 N–H and O–H groups in total. The lowest BCUT2D eigenvalue weighted by Crippen LogP contribution is -2.36. The minimum absolute atomic E-state index is 0.0221. The van der Waals surface area contributed by atoms with E-state index >= 15 is 0 Å². The first kappa shape index (κ1) is 18.1. The topological polar surface area (TPSA) is 75.2 Å². The third kappa shape index (κ3) is 6.20. The summed E-state index contributed by atoms with van der Waals surface area (Å²) in [5, 5.41) is 2.83. The fourth-order valence-electron chi connectivity index (χ4n) is 1.92.